The van der Waals surface area contributed by atoms with E-state index in [1.54, 1.807) is 11.7 Å². The lowest BCUT2D eigenvalue weighted by atomic mass is 9.89. The molecule has 1 atom stereocenters. The molecule has 4 aromatic rings. The Bertz CT molecular complexity index is 1610. The fourth-order valence-corrected chi connectivity index (χ4v) is 5.53. The maximum absolute atomic E-state index is 13.7. The molecule has 0 saturated heterocycles. The second kappa shape index (κ2) is 8.30. The summed E-state index contributed by atoms with van der Waals surface area (Å²) in [6.07, 6.45) is 1.87. The Morgan fingerprint density at radius 2 is 1.79 bits per heavy atom. The fraction of sp³-hybridized carbons (Fsp3) is 0.148. The van der Waals surface area contributed by atoms with E-state index in [4.69, 9.17) is 4.74 Å². The SMILES string of the molecule is COc1ccc2ccccc2c1[C@@H]1C(C(C)=O)=C(C)N=c2s/c(=C\c3ccccc3)c(=O)n21. The van der Waals surface area contributed by atoms with Crippen LogP contribution < -0.4 is 19.6 Å². The van der Waals surface area contributed by atoms with Gasteiger partial charge in [-0.05, 0) is 42.3 Å². The lowest BCUT2D eigenvalue weighted by Gasteiger charge is -2.27. The van der Waals surface area contributed by atoms with Gasteiger partial charge in [0, 0.05) is 16.8 Å². The van der Waals surface area contributed by atoms with Gasteiger partial charge in [0.25, 0.3) is 5.56 Å². The summed E-state index contributed by atoms with van der Waals surface area (Å²) in [4.78, 5) is 31.8. The number of aromatic nitrogens is 1. The largest absolute Gasteiger partial charge is 0.496 e. The zero-order valence-corrected chi connectivity index (χ0v) is 19.3. The van der Waals surface area contributed by atoms with Crippen LogP contribution in [0.4, 0.5) is 0 Å². The number of carbonyl (C=O) groups is 1. The van der Waals surface area contributed by atoms with Crippen LogP contribution in [0.1, 0.15) is 31.0 Å². The number of Topliss-reactive ketones (excluding diaryl/α,β-unsaturated/α-hetero) is 1. The first-order valence-corrected chi connectivity index (χ1v) is 11.5. The number of ketones is 1. The quantitative estimate of drug-likeness (QED) is 0.469. The summed E-state index contributed by atoms with van der Waals surface area (Å²) in [6.45, 7) is 3.36. The van der Waals surface area contributed by atoms with E-state index < -0.39 is 6.04 Å². The van der Waals surface area contributed by atoms with Crippen molar-refractivity contribution in [1.82, 2.24) is 4.57 Å². The van der Waals surface area contributed by atoms with Crippen LogP contribution in [0.5, 0.6) is 5.75 Å². The molecule has 0 N–H and O–H groups in total. The van der Waals surface area contributed by atoms with Gasteiger partial charge in [-0.2, -0.15) is 0 Å². The van der Waals surface area contributed by atoms with Crippen molar-refractivity contribution < 1.29 is 9.53 Å². The molecule has 1 aromatic heterocycles. The summed E-state index contributed by atoms with van der Waals surface area (Å²) in [5.41, 5.74) is 2.68. The molecule has 164 valence electrons. The van der Waals surface area contributed by atoms with Crippen molar-refractivity contribution in [3.8, 4) is 5.75 Å². The Labute approximate surface area is 194 Å². The molecular weight excluding hydrogens is 432 g/mol. The number of thiazole rings is 1. The monoisotopic (exact) mass is 454 g/mol. The van der Waals surface area contributed by atoms with E-state index in [0.717, 1.165) is 21.9 Å². The number of benzene rings is 3. The van der Waals surface area contributed by atoms with Crippen molar-refractivity contribution in [2.75, 3.05) is 7.11 Å². The van der Waals surface area contributed by atoms with Gasteiger partial charge in [-0.3, -0.25) is 14.2 Å². The second-order valence-corrected chi connectivity index (χ2v) is 8.96. The highest BCUT2D eigenvalue weighted by Gasteiger charge is 2.33. The third-order valence-corrected chi connectivity index (χ3v) is 6.91. The van der Waals surface area contributed by atoms with E-state index >= 15 is 0 Å². The van der Waals surface area contributed by atoms with E-state index in [-0.39, 0.29) is 11.3 Å². The van der Waals surface area contributed by atoms with Crippen LogP contribution >= 0.6 is 11.3 Å². The average molecular weight is 455 g/mol. The van der Waals surface area contributed by atoms with E-state index in [1.807, 2.05) is 79.7 Å². The number of ether oxygens (including phenoxy) is 1. The van der Waals surface area contributed by atoms with Gasteiger partial charge in [0.05, 0.1) is 17.7 Å². The Kier molecular flexibility index (Phi) is 5.30. The van der Waals surface area contributed by atoms with Gasteiger partial charge in [0.15, 0.2) is 10.6 Å². The van der Waals surface area contributed by atoms with Crippen LogP contribution in [0.3, 0.4) is 0 Å². The minimum atomic E-state index is -0.627. The van der Waals surface area contributed by atoms with E-state index in [2.05, 4.69) is 4.99 Å². The molecule has 0 amide bonds. The number of allylic oxidation sites excluding steroid dienone is 2. The number of hydrogen-bond acceptors (Lipinski definition) is 5. The van der Waals surface area contributed by atoms with Gasteiger partial charge < -0.3 is 4.74 Å². The van der Waals surface area contributed by atoms with Crippen LogP contribution in [0, 0.1) is 0 Å². The van der Waals surface area contributed by atoms with Crippen molar-refractivity contribution >= 4 is 34.0 Å². The molecule has 0 bridgehead atoms. The van der Waals surface area contributed by atoms with Gasteiger partial charge in [-0.15, -0.1) is 0 Å². The molecule has 0 aliphatic carbocycles. The molecule has 6 heteroatoms. The van der Waals surface area contributed by atoms with E-state index in [1.165, 1.54) is 18.3 Å². The lowest BCUT2D eigenvalue weighted by molar-refractivity contribution is -0.114. The summed E-state index contributed by atoms with van der Waals surface area (Å²) in [7, 11) is 1.61. The number of methoxy groups -OCH3 is 1. The topological polar surface area (TPSA) is 60.7 Å². The summed E-state index contributed by atoms with van der Waals surface area (Å²) in [6, 6.07) is 20.9. The molecule has 0 radical (unpaired) electrons. The Balaban J connectivity index is 1.88. The van der Waals surface area contributed by atoms with Gasteiger partial charge >= 0.3 is 0 Å². The van der Waals surface area contributed by atoms with Gasteiger partial charge in [-0.25, -0.2) is 4.99 Å². The zero-order chi connectivity index (χ0) is 23.1. The molecular formula is C27H22N2O3S. The molecule has 1 aliphatic heterocycles. The first-order valence-electron chi connectivity index (χ1n) is 10.6. The van der Waals surface area contributed by atoms with Crippen LogP contribution in [-0.2, 0) is 4.79 Å². The normalized spacial score (nSPS) is 16.0. The third kappa shape index (κ3) is 3.52. The van der Waals surface area contributed by atoms with Gasteiger partial charge in [-0.1, -0.05) is 72.0 Å². The van der Waals surface area contributed by atoms with Crippen molar-refractivity contribution in [2.24, 2.45) is 4.99 Å². The molecule has 1 aliphatic rings. The van der Waals surface area contributed by atoms with Crippen molar-refractivity contribution in [3.05, 3.63) is 109 Å². The number of carbonyl (C=O) groups excluding carboxylic acids is 1. The van der Waals surface area contributed by atoms with Crippen molar-refractivity contribution in [2.45, 2.75) is 19.9 Å². The first kappa shape index (κ1) is 21.1. The number of fused-ring (bicyclic) bond motifs is 2. The highest BCUT2D eigenvalue weighted by atomic mass is 32.1. The molecule has 2 heterocycles. The predicted molar refractivity (Wildman–Crippen MR) is 131 cm³/mol. The summed E-state index contributed by atoms with van der Waals surface area (Å²) < 4.78 is 7.96. The fourth-order valence-electron chi connectivity index (χ4n) is 4.48. The number of rotatable bonds is 4. The maximum Gasteiger partial charge on any atom is 0.271 e. The maximum atomic E-state index is 13.7. The summed E-state index contributed by atoms with van der Waals surface area (Å²) >= 11 is 1.33. The Morgan fingerprint density at radius 1 is 1.06 bits per heavy atom. The molecule has 3 aromatic carbocycles. The molecule has 0 unspecified atom stereocenters. The van der Waals surface area contributed by atoms with Gasteiger partial charge in [0.1, 0.15) is 5.75 Å². The second-order valence-electron chi connectivity index (χ2n) is 7.95. The predicted octanol–water partition coefficient (Wildman–Crippen LogP) is 3.99. The van der Waals surface area contributed by atoms with Crippen LogP contribution in [0.25, 0.3) is 16.8 Å². The van der Waals surface area contributed by atoms with Gasteiger partial charge in [0.2, 0.25) is 0 Å². The van der Waals surface area contributed by atoms with Crippen LogP contribution in [0.15, 0.2) is 87.8 Å². The van der Waals surface area contributed by atoms with E-state index in [0.29, 0.717) is 26.4 Å². The van der Waals surface area contributed by atoms with Crippen molar-refractivity contribution in [3.63, 3.8) is 0 Å². The highest BCUT2D eigenvalue weighted by Crippen LogP contribution is 2.40. The third-order valence-electron chi connectivity index (χ3n) is 5.92. The standard InChI is InChI=1S/C27H22N2O3S/c1-16-23(17(2)30)25(24-20-12-8-7-11-19(20)13-14-21(24)32-3)29-26(31)22(33-27(29)28-16)15-18-9-5-4-6-10-18/h4-15,25H,1-3H3/b22-15-/t25-/m0/s1. The number of nitrogens with zero attached hydrogens (tertiary/aromatic N) is 2. The summed E-state index contributed by atoms with van der Waals surface area (Å²) in [5, 5.41) is 1.95. The Hall–Kier alpha value is -3.77. The van der Waals surface area contributed by atoms with Crippen LogP contribution in [-0.4, -0.2) is 17.5 Å². The summed E-state index contributed by atoms with van der Waals surface area (Å²) in [5.74, 6) is 0.512. The molecule has 0 saturated carbocycles. The highest BCUT2D eigenvalue weighted by molar-refractivity contribution is 7.07. The van der Waals surface area contributed by atoms with Crippen LogP contribution in [0.2, 0.25) is 0 Å². The lowest BCUT2D eigenvalue weighted by Crippen LogP contribution is -2.39. The Morgan fingerprint density at radius 3 is 2.52 bits per heavy atom. The minimum absolute atomic E-state index is 0.117. The molecule has 5 nitrogen and oxygen atoms in total. The zero-order valence-electron chi connectivity index (χ0n) is 18.5. The van der Waals surface area contributed by atoms with E-state index in [9.17, 15) is 9.59 Å². The molecule has 0 fully saturated rings. The number of hydrogen-bond donors (Lipinski definition) is 0. The minimum Gasteiger partial charge on any atom is -0.496 e. The molecule has 5 rings (SSSR count). The first-order chi connectivity index (χ1) is 16.0. The molecule has 0 spiro atoms. The average Bonchev–Trinajstić information content (AvgIpc) is 3.12. The molecule has 33 heavy (non-hydrogen) atoms. The van der Waals surface area contributed by atoms with Crippen molar-refractivity contribution in [1.29, 1.82) is 0 Å². The smallest absolute Gasteiger partial charge is 0.271 e.